The van der Waals surface area contributed by atoms with Crippen LogP contribution < -0.4 is 10.3 Å². The Kier molecular flexibility index (Phi) is 3.66. The van der Waals surface area contributed by atoms with E-state index in [2.05, 4.69) is 10.2 Å². The summed E-state index contributed by atoms with van der Waals surface area (Å²) >= 11 is 0. The van der Waals surface area contributed by atoms with E-state index in [0.717, 1.165) is 6.07 Å². The smallest absolute Gasteiger partial charge is 0.264 e. The van der Waals surface area contributed by atoms with Gasteiger partial charge in [-0.3, -0.25) is 4.79 Å². The SMILES string of the molecule is COc1ccccc1CS(=O)(=O)c1ccc(=O)[nH]n1. The maximum Gasteiger partial charge on any atom is 0.264 e. The molecule has 100 valence electrons. The predicted molar refractivity (Wildman–Crippen MR) is 68.7 cm³/mol. The molecule has 0 unspecified atom stereocenters. The molecule has 0 amide bonds. The molecule has 0 atom stereocenters. The van der Waals surface area contributed by atoms with Gasteiger partial charge in [0.1, 0.15) is 5.75 Å². The zero-order chi connectivity index (χ0) is 13.9. The Morgan fingerprint density at radius 2 is 1.95 bits per heavy atom. The van der Waals surface area contributed by atoms with Crippen LogP contribution in [0.25, 0.3) is 0 Å². The third-order valence-corrected chi connectivity index (χ3v) is 4.07. The summed E-state index contributed by atoms with van der Waals surface area (Å²) in [5.74, 6) is 0.256. The summed E-state index contributed by atoms with van der Waals surface area (Å²) in [5.41, 5.74) is 0.0919. The van der Waals surface area contributed by atoms with Crippen molar-refractivity contribution in [1.29, 1.82) is 0 Å². The van der Waals surface area contributed by atoms with Gasteiger partial charge in [-0.25, -0.2) is 13.5 Å². The van der Waals surface area contributed by atoms with Gasteiger partial charge in [-0.05, 0) is 12.1 Å². The number of hydrogen-bond acceptors (Lipinski definition) is 5. The van der Waals surface area contributed by atoms with Crippen LogP contribution in [-0.2, 0) is 15.6 Å². The Hall–Kier alpha value is -2.15. The molecule has 7 heteroatoms. The van der Waals surface area contributed by atoms with Crippen molar-refractivity contribution in [3.63, 3.8) is 0 Å². The van der Waals surface area contributed by atoms with Crippen LogP contribution in [0.3, 0.4) is 0 Å². The van der Waals surface area contributed by atoms with Crippen molar-refractivity contribution in [2.45, 2.75) is 10.8 Å². The molecule has 0 saturated heterocycles. The lowest BCUT2D eigenvalue weighted by molar-refractivity contribution is 0.411. The van der Waals surface area contributed by atoms with Crippen LogP contribution in [0.1, 0.15) is 5.56 Å². The summed E-state index contributed by atoms with van der Waals surface area (Å²) in [4.78, 5) is 10.9. The van der Waals surface area contributed by atoms with E-state index in [4.69, 9.17) is 4.74 Å². The van der Waals surface area contributed by atoms with Crippen molar-refractivity contribution in [2.24, 2.45) is 0 Å². The van der Waals surface area contributed by atoms with E-state index in [1.807, 2.05) is 0 Å². The standard InChI is InChI=1S/C12H12N2O4S/c1-18-10-5-3-2-4-9(10)8-19(16,17)12-7-6-11(15)13-14-12/h2-7H,8H2,1H3,(H,13,15). The van der Waals surface area contributed by atoms with Gasteiger partial charge in [0.25, 0.3) is 5.56 Å². The van der Waals surface area contributed by atoms with Crippen molar-refractivity contribution in [3.05, 3.63) is 52.3 Å². The zero-order valence-corrected chi connectivity index (χ0v) is 11.0. The maximum absolute atomic E-state index is 12.1. The van der Waals surface area contributed by atoms with E-state index < -0.39 is 15.4 Å². The Morgan fingerprint density at radius 3 is 2.58 bits per heavy atom. The Balaban J connectivity index is 2.36. The number of methoxy groups -OCH3 is 1. The van der Waals surface area contributed by atoms with Crippen LogP contribution in [0.2, 0.25) is 0 Å². The first-order valence-corrected chi connectivity index (χ1v) is 7.08. The lowest BCUT2D eigenvalue weighted by atomic mass is 10.2. The molecule has 1 aromatic heterocycles. The lowest BCUT2D eigenvalue weighted by Crippen LogP contribution is -2.13. The first-order valence-electron chi connectivity index (χ1n) is 5.43. The van der Waals surface area contributed by atoms with Crippen molar-refractivity contribution in [1.82, 2.24) is 10.2 Å². The summed E-state index contributed by atoms with van der Waals surface area (Å²) in [6, 6.07) is 9.15. The molecule has 1 heterocycles. The summed E-state index contributed by atoms with van der Waals surface area (Å²) in [6.07, 6.45) is 0. The van der Waals surface area contributed by atoms with Crippen LogP contribution >= 0.6 is 0 Å². The molecule has 1 aromatic carbocycles. The molecule has 0 fully saturated rings. The first-order chi connectivity index (χ1) is 9.03. The van der Waals surface area contributed by atoms with Gasteiger partial charge in [0.15, 0.2) is 5.03 Å². The number of sulfone groups is 1. The van der Waals surface area contributed by atoms with Crippen LogP contribution in [-0.4, -0.2) is 25.7 Å². The van der Waals surface area contributed by atoms with Crippen molar-refractivity contribution in [3.8, 4) is 5.75 Å². The second-order valence-corrected chi connectivity index (χ2v) is 5.77. The Morgan fingerprint density at radius 1 is 1.21 bits per heavy atom. The number of hydrogen-bond donors (Lipinski definition) is 1. The average Bonchev–Trinajstić information content (AvgIpc) is 2.39. The minimum atomic E-state index is -3.62. The van der Waals surface area contributed by atoms with E-state index in [-0.39, 0.29) is 10.8 Å². The zero-order valence-electron chi connectivity index (χ0n) is 10.2. The van der Waals surface area contributed by atoms with Crippen LogP contribution in [0.4, 0.5) is 0 Å². The highest BCUT2D eigenvalue weighted by Gasteiger charge is 2.19. The average molecular weight is 280 g/mol. The van der Waals surface area contributed by atoms with Gasteiger partial charge in [-0.15, -0.1) is 0 Å². The molecule has 6 nitrogen and oxygen atoms in total. The van der Waals surface area contributed by atoms with Crippen molar-refractivity contribution >= 4 is 9.84 Å². The number of rotatable bonds is 4. The molecule has 2 rings (SSSR count). The number of ether oxygens (including phenoxy) is 1. The fourth-order valence-corrected chi connectivity index (χ4v) is 2.86. The van der Waals surface area contributed by atoms with Crippen LogP contribution in [0, 0.1) is 0 Å². The summed E-state index contributed by atoms with van der Waals surface area (Å²) < 4.78 is 29.4. The molecule has 0 aliphatic heterocycles. The monoisotopic (exact) mass is 280 g/mol. The summed E-state index contributed by atoms with van der Waals surface area (Å²) in [5, 5.41) is 5.47. The number of aromatic nitrogens is 2. The number of benzene rings is 1. The van der Waals surface area contributed by atoms with Gasteiger partial charge in [0.05, 0.1) is 12.9 Å². The molecule has 19 heavy (non-hydrogen) atoms. The van der Waals surface area contributed by atoms with Gasteiger partial charge < -0.3 is 4.74 Å². The van der Waals surface area contributed by atoms with Crippen molar-refractivity contribution in [2.75, 3.05) is 7.11 Å². The fraction of sp³-hybridized carbons (Fsp3) is 0.167. The summed E-state index contributed by atoms with van der Waals surface area (Å²) in [7, 11) is -2.15. The number of para-hydroxylation sites is 1. The second kappa shape index (κ2) is 5.23. The Labute approximate surface area is 110 Å². The molecule has 0 bridgehead atoms. The maximum atomic E-state index is 12.1. The molecule has 0 aliphatic carbocycles. The van der Waals surface area contributed by atoms with Gasteiger partial charge in [0.2, 0.25) is 9.84 Å². The highest BCUT2D eigenvalue weighted by atomic mass is 32.2. The van der Waals surface area contributed by atoms with E-state index in [1.165, 1.54) is 13.2 Å². The van der Waals surface area contributed by atoms with Gasteiger partial charge in [0, 0.05) is 11.6 Å². The van der Waals surface area contributed by atoms with Gasteiger partial charge in [-0.2, -0.15) is 5.10 Å². The third-order valence-electron chi connectivity index (χ3n) is 2.51. The quantitative estimate of drug-likeness (QED) is 0.892. The van der Waals surface area contributed by atoms with E-state index in [1.54, 1.807) is 24.3 Å². The number of nitrogens with one attached hydrogen (secondary N) is 1. The third kappa shape index (κ3) is 3.00. The van der Waals surface area contributed by atoms with E-state index in [9.17, 15) is 13.2 Å². The molecule has 2 aromatic rings. The summed E-state index contributed by atoms with van der Waals surface area (Å²) in [6.45, 7) is 0. The first kappa shape index (κ1) is 13.3. The number of aromatic amines is 1. The second-order valence-electron chi connectivity index (χ2n) is 3.83. The largest absolute Gasteiger partial charge is 0.496 e. The highest BCUT2D eigenvalue weighted by Crippen LogP contribution is 2.22. The van der Waals surface area contributed by atoms with Crippen LogP contribution in [0.5, 0.6) is 5.75 Å². The van der Waals surface area contributed by atoms with Gasteiger partial charge in [-0.1, -0.05) is 18.2 Å². The van der Waals surface area contributed by atoms with E-state index >= 15 is 0 Å². The molecular formula is C12H12N2O4S. The molecule has 0 spiro atoms. The lowest BCUT2D eigenvalue weighted by Gasteiger charge is -2.08. The molecule has 0 saturated carbocycles. The van der Waals surface area contributed by atoms with Crippen LogP contribution in [0.15, 0.2) is 46.2 Å². The number of H-pyrrole nitrogens is 1. The minimum absolute atomic E-state index is 0.169. The fourth-order valence-electron chi connectivity index (χ4n) is 1.61. The number of nitrogens with zero attached hydrogens (tertiary/aromatic N) is 1. The van der Waals surface area contributed by atoms with Crippen molar-refractivity contribution < 1.29 is 13.2 Å². The molecule has 1 N–H and O–H groups in total. The molecule has 0 radical (unpaired) electrons. The topological polar surface area (TPSA) is 89.1 Å². The highest BCUT2D eigenvalue weighted by molar-refractivity contribution is 7.90. The molecule has 0 aliphatic rings. The van der Waals surface area contributed by atoms with Gasteiger partial charge >= 0.3 is 0 Å². The Bertz CT molecular complexity index is 717. The van der Waals surface area contributed by atoms with E-state index in [0.29, 0.717) is 11.3 Å². The predicted octanol–water partition coefficient (Wildman–Crippen LogP) is 0.752. The normalized spacial score (nSPS) is 11.2. The minimum Gasteiger partial charge on any atom is -0.496 e. The molecular weight excluding hydrogens is 268 g/mol.